The van der Waals surface area contributed by atoms with Gasteiger partial charge in [-0.1, -0.05) is 51.1 Å². The molecule has 3 heteroatoms. The lowest BCUT2D eigenvalue weighted by Crippen LogP contribution is -2.27. The second kappa shape index (κ2) is 3.99. The van der Waals surface area contributed by atoms with Crippen LogP contribution in [0.25, 0.3) is 5.57 Å². The fourth-order valence-electron chi connectivity index (χ4n) is 1.86. The highest BCUT2D eigenvalue weighted by Crippen LogP contribution is 2.39. The Morgan fingerprint density at radius 1 is 1.18 bits per heavy atom. The van der Waals surface area contributed by atoms with Crippen LogP contribution in [0.2, 0.25) is 0 Å². The fourth-order valence-corrected chi connectivity index (χ4v) is 1.86. The number of cyclic esters (lactones) is 1. The van der Waals surface area contributed by atoms with Gasteiger partial charge >= 0.3 is 5.97 Å². The minimum absolute atomic E-state index is 0.0607. The topological polar surface area (TPSA) is 26.3 Å². The largest absolute Gasteiger partial charge is 0.451 e. The number of carbonyl (C=O) groups is 1. The summed E-state index contributed by atoms with van der Waals surface area (Å²) in [6, 6.07) is 8.78. The van der Waals surface area contributed by atoms with Crippen molar-refractivity contribution in [1.29, 1.82) is 0 Å². The third kappa shape index (κ3) is 2.09. The van der Waals surface area contributed by atoms with Crippen LogP contribution in [0.5, 0.6) is 0 Å². The number of hydrogen-bond acceptors (Lipinski definition) is 2. The Morgan fingerprint density at radius 3 is 2.24 bits per heavy atom. The first kappa shape index (κ1) is 11.8. The Bertz CT molecular complexity index is 469. The predicted octanol–water partition coefficient (Wildman–Crippen LogP) is 3.34. The van der Waals surface area contributed by atoms with E-state index >= 15 is 0 Å². The highest BCUT2D eigenvalue weighted by Gasteiger charge is 2.42. The van der Waals surface area contributed by atoms with Crippen molar-refractivity contribution in [2.75, 3.05) is 0 Å². The van der Waals surface area contributed by atoms with Crippen LogP contribution < -0.4 is 0 Å². The van der Waals surface area contributed by atoms with Crippen molar-refractivity contribution in [2.24, 2.45) is 5.41 Å². The molecule has 1 atom stereocenters. The first-order valence-corrected chi connectivity index (χ1v) is 5.57. The second-order valence-electron chi connectivity index (χ2n) is 5.24. The van der Waals surface area contributed by atoms with Gasteiger partial charge in [-0.25, -0.2) is 9.18 Å². The molecule has 0 saturated carbocycles. The molecule has 0 bridgehead atoms. The molecule has 17 heavy (non-hydrogen) atoms. The van der Waals surface area contributed by atoms with Crippen molar-refractivity contribution in [1.82, 2.24) is 0 Å². The summed E-state index contributed by atoms with van der Waals surface area (Å²) in [7, 11) is 0. The Balaban J connectivity index is 2.46. The average Bonchev–Trinajstić information content (AvgIpc) is 2.55. The van der Waals surface area contributed by atoms with E-state index in [1.54, 1.807) is 24.3 Å². The van der Waals surface area contributed by atoms with Gasteiger partial charge in [-0.2, -0.15) is 0 Å². The van der Waals surface area contributed by atoms with E-state index in [1.165, 1.54) is 0 Å². The van der Waals surface area contributed by atoms with Crippen LogP contribution in [0.15, 0.2) is 36.2 Å². The highest BCUT2D eigenvalue weighted by atomic mass is 19.1. The molecular formula is C14H15FO2. The van der Waals surface area contributed by atoms with Crippen LogP contribution >= 0.6 is 0 Å². The standard InChI is InChI=1S/C14H15FO2/c1-14(2,3)12-11(15)10(13(16)17-12)9-7-5-4-6-8-9/h4-8,12H,1-3H3. The van der Waals surface area contributed by atoms with Crippen molar-refractivity contribution in [3.8, 4) is 0 Å². The monoisotopic (exact) mass is 234 g/mol. The lowest BCUT2D eigenvalue weighted by atomic mass is 9.87. The van der Waals surface area contributed by atoms with Crippen LogP contribution in [0, 0.1) is 5.41 Å². The lowest BCUT2D eigenvalue weighted by Gasteiger charge is -2.24. The molecule has 0 spiro atoms. The molecule has 90 valence electrons. The van der Waals surface area contributed by atoms with Crippen LogP contribution in [0.1, 0.15) is 26.3 Å². The molecule has 1 aromatic carbocycles. The fraction of sp³-hybridized carbons (Fsp3) is 0.357. The molecule has 0 saturated heterocycles. The normalized spacial score (nSPS) is 20.7. The maximum atomic E-state index is 14.2. The Labute approximate surface area is 100 Å². The Kier molecular flexibility index (Phi) is 2.77. The molecule has 0 aliphatic carbocycles. The number of hydrogen-bond donors (Lipinski definition) is 0. The molecule has 1 unspecified atom stereocenters. The maximum Gasteiger partial charge on any atom is 0.342 e. The first-order valence-electron chi connectivity index (χ1n) is 5.57. The molecule has 1 aliphatic rings. The predicted molar refractivity (Wildman–Crippen MR) is 63.8 cm³/mol. The van der Waals surface area contributed by atoms with Gasteiger partial charge in [0.1, 0.15) is 5.57 Å². The molecule has 0 fully saturated rings. The zero-order chi connectivity index (χ0) is 12.6. The van der Waals surface area contributed by atoms with Crippen LogP contribution in [0.4, 0.5) is 4.39 Å². The van der Waals surface area contributed by atoms with Gasteiger partial charge in [0, 0.05) is 5.41 Å². The van der Waals surface area contributed by atoms with Gasteiger partial charge in [0.05, 0.1) is 0 Å². The van der Waals surface area contributed by atoms with Crippen LogP contribution in [0.3, 0.4) is 0 Å². The van der Waals surface area contributed by atoms with Crippen LogP contribution in [-0.4, -0.2) is 12.1 Å². The number of halogens is 1. The minimum Gasteiger partial charge on any atom is -0.451 e. The van der Waals surface area contributed by atoms with Crippen molar-refractivity contribution in [2.45, 2.75) is 26.9 Å². The van der Waals surface area contributed by atoms with E-state index in [-0.39, 0.29) is 5.57 Å². The number of rotatable bonds is 1. The molecule has 2 rings (SSSR count). The van der Waals surface area contributed by atoms with E-state index in [2.05, 4.69) is 0 Å². The van der Waals surface area contributed by atoms with Crippen molar-refractivity contribution >= 4 is 11.5 Å². The third-order valence-electron chi connectivity index (χ3n) is 2.75. The van der Waals surface area contributed by atoms with E-state index in [0.29, 0.717) is 5.56 Å². The first-order chi connectivity index (χ1) is 7.91. The second-order valence-corrected chi connectivity index (χ2v) is 5.24. The zero-order valence-corrected chi connectivity index (χ0v) is 10.2. The number of ether oxygens (including phenoxy) is 1. The molecular weight excluding hydrogens is 219 g/mol. The molecule has 1 heterocycles. The van der Waals surface area contributed by atoms with Gasteiger partial charge < -0.3 is 4.74 Å². The van der Waals surface area contributed by atoms with Crippen LogP contribution in [-0.2, 0) is 9.53 Å². The quantitative estimate of drug-likeness (QED) is 0.696. The van der Waals surface area contributed by atoms with Crippen molar-refractivity contribution in [3.63, 3.8) is 0 Å². The lowest BCUT2D eigenvalue weighted by molar-refractivity contribution is -0.142. The molecule has 2 nitrogen and oxygen atoms in total. The maximum absolute atomic E-state index is 14.2. The summed E-state index contributed by atoms with van der Waals surface area (Å²) in [5.74, 6) is -1.04. The van der Waals surface area contributed by atoms with Crippen molar-refractivity contribution in [3.05, 3.63) is 41.7 Å². The van der Waals surface area contributed by atoms with Gasteiger partial charge in [0.2, 0.25) is 0 Å². The Morgan fingerprint density at radius 2 is 1.76 bits per heavy atom. The summed E-state index contributed by atoms with van der Waals surface area (Å²) in [5.41, 5.74) is 0.197. The van der Waals surface area contributed by atoms with Gasteiger partial charge in [-0.05, 0) is 5.56 Å². The van der Waals surface area contributed by atoms with E-state index in [1.807, 2.05) is 26.8 Å². The minimum atomic E-state index is -0.787. The smallest absolute Gasteiger partial charge is 0.342 e. The highest BCUT2D eigenvalue weighted by molar-refractivity contribution is 6.19. The SMILES string of the molecule is CC(C)(C)C1OC(=O)C(c2ccccc2)=C1F. The van der Waals surface area contributed by atoms with Gasteiger partial charge in [0.25, 0.3) is 0 Å². The summed E-state index contributed by atoms with van der Waals surface area (Å²) in [6.07, 6.45) is -0.787. The molecule has 0 radical (unpaired) electrons. The summed E-state index contributed by atoms with van der Waals surface area (Å²) >= 11 is 0. The van der Waals surface area contributed by atoms with E-state index in [4.69, 9.17) is 4.74 Å². The summed E-state index contributed by atoms with van der Waals surface area (Å²) in [6.45, 7) is 5.54. The van der Waals surface area contributed by atoms with Crippen molar-refractivity contribution < 1.29 is 13.9 Å². The Hall–Kier alpha value is -1.64. The molecule has 0 amide bonds. The average molecular weight is 234 g/mol. The van der Waals surface area contributed by atoms with Gasteiger partial charge in [0.15, 0.2) is 11.9 Å². The number of benzene rings is 1. The zero-order valence-electron chi connectivity index (χ0n) is 10.2. The number of carbonyl (C=O) groups excluding carboxylic acids is 1. The molecule has 1 aromatic rings. The van der Waals surface area contributed by atoms with Gasteiger partial charge in [-0.3, -0.25) is 0 Å². The van der Waals surface area contributed by atoms with E-state index < -0.39 is 23.3 Å². The summed E-state index contributed by atoms with van der Waals surface area (Å²) in [5, 5.41) is 0. The number of esters is 1. The molecule has 1 aliphatic heterocycles. The van der Waals surface area contributed by atoms with E-state index in [9.17, 15) is 9.18 Å². The summed E-state index contributed by atoms with van der Waals surface area (Å²) < 4.78 is 19.3. The van der Waals surface area contributed by atoms with E-state index in [0.717, 1.165) is 0 Å². The summed E-state index contributed by atoms with van der Waals surface area (Å²) in [4.78, 5) is 11.7. The molecule has 0 aromatic heterocycles. The third-order valence-corrected chi connectivity index (χ3v) is 2.75. The molecule has 0 N–H and O–H groups in total. The van der Waals surface area contributed by atoms with Gasteiger partial charge in [-0.15, -0.1) is 0 Å².